The minimum Gasteiger partial charge on any atom is -0.340 e. The highest BCUT2D eigenvalue weighted by Gasteiger charge is 2.31. The molecule has 0 saturated carbocycles. The van der Waals surface area contributed by atoms with Crippen LogP contribution in [0.15, 0.2) is 0 Å². The van der Waals surface area contributed by atoms with Gasteiger partial charge in [0.15, 0.2) is 0 Å². The molecule has 22 heavy (non-hydrogen) atoms. The van der Waals surface area contributed by atoms with Crippen molar-refractivity contribution in [3.63, 3.8) is 0 Å². The second kappa shape index (κ2) is 8.09. The lowest BCUT2D eigenvalue weighted by atomic mass is 10.0. The van der Waals surface area contributed by atoms with Gasteiger partial charge in [-0.1, -0.05) is 13.8 Å². The fourth-order valence-corrected chi connectivity index (χ4v) is 2.06. The summed E-state index contributed by atoms with van der Waals surface area (Å²) in [5.74, 6) is -0.0949. The molecule has 1 rings (SSSR count). The van der Waals surface area contributed by atoms with Crippen molar-refractivity contribution in [3.05, 3.63) is 21.5 Å². The van der Waals surface area contributed by atoms with Crippen LogP contribution in [-0.4, -0.2) is 45.1 Å². The van der Waals surface area contributed by atoms with Crippen LogP contribution in [0.2, 0.25) is 0 Å². The first kappa shape index (κ1) is 20.3. The van der Waals surface area contributed by atoms with Gasteiger partial charge in [0.25, 0.3) is 5.91 Å². The highest BCUT2D eigenvalue weighted by atomic mass is 35.5. The van der Waals surface area contributed by atoms with Crippen molar-refractivity contribution < 1.29 is 9.72 Å². The second-order valence-corrected chi connectivity index (χ2v) is 5.59. The summed E-state index contributed by atoms with van der Waals surface area (Å²) in [6.45, 7) is 5.99. The van der Waals surface area contributed by atoms with Gasteiger partial charge in [-0.2, -0.15) is 5.10 Å². The molecule has 0 aliphatic carbocycles. The van der Waals surface area contributed by atoms with Gasteiger partial charge in [-0.15, -0.1) is 12.4 Å². The van der Waals surface area contributed by atoms with E-state index in [9.17, 15) is 14.9 Å². The van der Waals surface area contributed by atoms with Crippen LogP contribution >= 0.6 is 12.4 Å². The minimum absolute atomic E-state index is 0. The first-order chi connectivity index (χ1) is 9.66. The summed E-state index contributed by atoms with van der Waals surface area (Å²) in [4.78, 5) is 24.4. The molecule has 8 nitrogen and oxygen atoms in total. The monoisotopic (exact) mass is 333 g/mol. The molecule has 2 N–H and O–H groups in total. The van der Waals surface area contributed by atoms with Crippen LogP contribution in [0.1, 0.15) is 36.5 Å². The van der Waals surface area contributed by atoms with Crippen LogP contribution < -0.4 is 5.73 Å². The van der Waals surface area contributed by atoms with E-state index in [0.29, 0.717) is 18.9 Å². The summed E-state index contributed by atoms with van der Waals surface area (Å²) in [6, 6.07) is -0.0106. The molecule has 0 saturated heterocycles. The highest BCUT2D eigenvalue weighted by molar-refractivity contribution is 5.96. The van der Waals surface area contributed by atoms with E-state index in [1.165, 1.54) is 23.6 Å². The molecular formula is C13H24ClN5O3. The number of rotatable bonds is 6. The van der Waals surface area contributed by atoms with Crippen molar-refractivity contribution in [3.8, 4) is 0 Å². The molecule has 126 valence electrons. The van der Waals surface area contributed by atoms with E-state index in [1.807, 2.05) is 13.8 Å². The lowest BCUT2D eigenvalue weighted by molar-refractivity contribution is -0.385. The van der Waals surface area contributed by atoms with E-state index in [0.717, 1.165) is 0 Å². The molecule has 0 spiro atoms. The van der Waals surface area contributed by atoms with Crippen LogP contribution in [0, 0.1) is 23.0 Å². The molecule has 0 fully saturated rings. The van der Waals surface area contributed by atoms with Crippen LogP contribution in [0.5, 0.6) is 0 Å². The maximum absolute atomic E-state index is 12.4. The van der Waals surface area contributed by atoms with E-state index in [1.54, 1.807) is 7.05 Å². The fourth-order valence-electron chi connectivity index (χ4n) is 2.06. The van der Waals surface area contributed by atoms with Gasteiger partial charge in [0, 0.05) is 26.7 Å². The van der Waals surface area contributed by atoms with Gasteiger partial charge in [-0.3, -0.25) is 19.6 Å². The minimum atomic E-state index is -0.566. The third-order valence-corrected chi connectivity index (χ3v) is 3.58. The Morgan fingerprint density at radius 3 is 2.50 bits per heavy atom. The molecule has 1 aromatic heterocycles. The number of nitrogens with zero attached hydrogens (tertiary/aromatic N) is 4. The summed E-state index contributed by atoms with van der Waals surface area (Å²) >= 11 is 0. The molecular weight excluding hydrogens is 310 g/mol. The number of carbonyl (C=O) groups is 1. The lowest BCUT2D eigenvalue weighted by Crippen LogP contribution is -2.35. The summed E-state index contributed by atoms with van der Waals surface area (Å²) in [7, 11) is 3.14. The molecule has 1 unspecified atom stereocenters. The van der Waals surface area contributed by atoms with Crippen LogP contribution in [0.4, 0.5) is 5.69 Å². The largest absolute Gasteiger partial charge is 0.340 e. The van der Waals surface area contributed by atoms with E-state index in [4.69, 9.17) is 5.73 Å². The van der Waals surface area contributed by atoms with Crippen molar-refractivity contribution in [1.29, 1.82) is 0 Å². The Labute approximate surface area is 136 Å². The first-order valence-electron chi connectivity index (χ1n) is 6.85. The fraction of sp³-hybridized carbons (Fsp3) is 0.692. The number of hydrogen-bond donors (Lipinski definition) is 1. The number of aryl methyl sites for hydroxylation is 2. The van der Waals surface area contributed by atoms with Crippen LogP contribution in [0.3, 0.4) is 0 Å². The third-order valence-electron chi connectivity index (χ3n) is 3.58. The highest BCUT2D eigenvalue weighted by Crippen LogP contribution is 2.23. The van der Waals surface area contributed by atoms with Crippen molar-refractivity contribution in [2.45, 2.75) is 33.2 Å². The molecule has 0 aromatic carbocycles. The van der Waals surface area contributed by atoms with Gasteiger partial charge in [0.1, 0.15) is 5.69 Å². The Balaban J connectivity index is 0.00000441. The number of carbonyl (C=O) groups excluding carboxylic acids is 1. The van der Waals surface area contributed by atoms with E-state index in [2.05, 4.69) is 5.10 Å². The van der Waals surface area contributed by atoms with Gasteiger partial charge in [0.2, 0.25) is 5.69 Å². The van der Waals surface area contributed by atoms with Crippen LogP contribution in [0.25, 0.3) is 0 Å². The quantitative estimate of drug-likeness (QED) is 0.627. The number of aromatic nitrogens is 2. The van der Waals surface area contributed by atoms with E-state index >= 15 is 0 Å². The Morgan fingerprint density at radius 1 is 1.50 bits per heavy atom. The number of nitro groups is 1. The van der Waals surface area contributed by atoms with Crippen LogP contribution in [-0.2, 0) is 7.05 Å². The van der Waals surface area contributed by atoms with Gasteiger partial charge < -0.3 is 10.6 Å². The Kier molecular flexibility index (Phi) is 7.48. The molecule has 0 bridgehead atoms. The summed E-state index contributed by atoms with van der Waals surface area (Å²) in [5, 5.41) is 15.1. The number of nitrogens with two attached hydrogens (primary N) is 1. The third kappa shape index (κ3) is 4.41. The molecule has 0 radical (unpaired) electrons. The molecule has 0 aliphatic rings. The molecule has 1 heterocycles. The average molecular weight is 334 g/mol. The van der Waals surface area contributed by atoms with Crippen molar-refractivity contribution in [2.24, 2.45) is 18.7 Å². The summed E-state index contributed by atoms with van der Waals surface area (Å²) < 4.78 is 1.26. The normalized spacial score (nSPS) is 12.0. The SMILES string of the molecule is Cc1nn(C)c(C(=O)N(C)CCC(N)C(C)C)c1[N+](=O)[O-].Cl. The van der Waals surface area contributed by atoms with Gasteiger partial charge in [-0.05, 0) is 19.3 Å². The number of hydrogen-bond acceptors (Lipinski definition) is 5. The van der Waals surface area contributed by atoms with Crippen molar-refractivity contribution >= 4 is 24.0 Å². The number of halogens is 1. The predicted octanol–water partition coefficient (Wildman–Crippen LogP) is 1.50. The zero-order valence-electron chi connectivity index (χ0n) is 13.6. The van der Waals surface area contributed by atoms with Gasteiger partial charge in [0.05, 0.1) is 4.92 Å². The van der Waals surface area contributed by atoms with Crippen molar-refractivity contribution in [1.82, 2.24) is 14.7 Å². The Hall–Kier alpha value is -1.67. The van der Waals surface area contributed by atoms with E-state index < -0.39 is 10.8 Å². The smallest absolute Gasteiger partial charge is 0.322 e. The molecule has 1 atom stereocenters. The molecule has 1 amide bonds. The first-order valence-corrected chi connectivity index (χ1v) is 6.85. The maximum Gasteiger partial charge on any atom is 0.322 e. The topological polar surface area (TPSA) is 107 Å². The number of amides is 1. The van der Waals surface area contributed by atoms with Crippen molar-refractivity contribution in [2.75, 3.05) is 13.6 Å². The molecule has 9 heteroatoms. The van der Waals surface area contributed by atoms with Gasteiger partial charge in [-0.25, -0.2) is 0 Å². The van der Waals surface area contributed by atoms with Gasteiger partial charge >= 0.3 is 5.69 Å². The predicted molar refractivity (Wildman–Crippen MR) is 86.2 cm³/mol. The second-order valence-electron chi connectivity index (χ2n) is 5.59. The lowest BCUT2D eigenvalue weighted by Gasteiger charge is -2.21. The average Bonchev–Trinajstić information content (AvgIpc) is 2.69. The molecule has 1 aromatic rings. The summed E-state index contributed by atoms with van der Waals surface area (Å²) in [5.41, 5.74) is 5.95. The molecule has 0 aliphatic heterocycles. The Morgan fingerprint density at radius 2 is 2.05 bits per heavy atom. The Bertz CT molecular complexity index is 544. The standard InChI is InChI=1S/C13H23N5O3.ClH/c1-8(2)10(14)6-7-16(4)13(19)12-11(18(20)21)9(3)15-17(12)5;/h8,10H,6-7,14H2,1-5H3;1H. The maximum atomic E-state index is 12.4. The van der Waals surface area contributed by atoms with E-state index in [-0.39, 0.29) is 35.5 Å². The summed E-state index contributed by atoms with van der Waals surface area (Å²) in [6.07, 6.45) is 0.643. The zero-order valence-corrected chi connectivity index (χ0v) is 14.4. The zero-order chi connectivity index (χ0) is 16.3.